The third kappa shape index (κ3) is 7.51. The topological polar surface area (TPSA) is 54.0 Å². The summed E-state index contributed by atoms with van der Waals surface area (Å²) in [4.78, 5) is 2.15. The summed E-state index contributed by atoms with van der Waals surface area (Å²) in [6.07, 6.45) is 0.534. The lowest BCUT2D eigenvalue weighted by atomic mass is 9.86. The Morgan fingerprint density at radius 2 is 1.96 bits per heavy atom. The van der Waals surface area contributed by atoms with Gasteiger partial charge in [0.15, 0.2) is 0 Å². The summed E-state index contributed by atoms with van der Waals surface area (Å²) in [6, 6.07) is 5.80. The molecule has 0 aliphatic rings. The van der Waals surface area contributed by atoms with Crippen LogP contribution in [0.5, 0.6) is 11.5 Å². The standard InChI is InChI=1S/C19H34N2O3/c1-19(2,3)17-12-16(23-6)8-9-18(17)24-14-15(22)13-20-10-7-11-21(4)5/h8-9,12,15,20,22H,7,10-11,13-14H2,1-6H3/t15-/m1/s1. The maximum Gasteiger partial charge on any atom is 0.123 e. The molecule has 0 amide bonds. The molecule has 1 rings (SSSR count). The number of methoxy groups -OCH3 is 1. The molecular formula is C19H34N2O3. The van der Waals surface area contributed by atoms with E-state index in [2.05, 4.69) is 45.1 Å². The van der Waals surface area contributed by atoms with E-state index in [1.807, 2.05) is 18.2 Å². The van der Waals surface area contributed by atoms with Gasteiger partial charge in [0.05, 0.1) is 7.11 Å². The Hall–Kier alpha value is -1.30. The first kappa shape index (κ1) is 20.7. The quantitative estimate of drug-likeness (QED) is 0.641. The minimum atomic E-state index is -0.528. The summed E-state index contributed by atoms with van der Waals surface area (Å²) in [6.45, 7) is 9.15. The third-order valence-electron chi connectivity index (χ3n) is 3.76. The van der Waals surface area contributed by atoms with Gasteiger partial charge in [0.2, 0.25) is 0 Å². The zero-order valence-corrected chi connectivity index (χ0v) is 16.1. The highest BCUT2D eigenvalue weighted by atomic mass is 16.5. The number of aliphatic hydroxyl groups is 1. The van der Waals surface area contributed by atoms with Gasteiger partial charge in [-0.15, -0.1) is 0 Å². The van der Waals surface area contributed by atoms with E-state index in [0.29, 0.717) is 6.54 Å². The fraction of sp³-hybridized carbons (Fsp3) is 0.684. The van der Waals surface area contributed by atoms with E-state index in [4.69, 9.17) is 9.47 Å². The summed E-state index contributed by atoms with van der Waals surface area (Å²) in [7, 11) is 5.78. The van der Waals surface area contributed by atoms with Crippen LogP contribution >= 0.6 is 0 Å². The van der Waals surface area contributed by atoms with Crippen LogP contribution in [0.4, 0.5) is 0 Å². The van der Waals surface area contributed by atoms with Crippen LogP contribution in [0.25, 0.3) is 0 Å². The van der Waals surface area contributed by atoms with Crippen molar-refractivity contribution in [3.8, 4) is 11.5 Å². The molecule has 24 heavy (non-hydrogen) atoms. The molecule has 0 fully saturated rings. The molecule has 1 atom stereocenters. The third-order valence-corrected chi connectivity index (χ3v) is 3.76. The minimum absolute atomic E-state index is 0.0563. The average Bonchev–Trinajstić information content (AvgIpc) is 2.51. The molecule has 0 saturated heterocycles. The number of aliphatic hydroxyl groups excluding tert-OH is 1. The van der Waals surface area contributed by atoms with Gasteiger partial charge in [0.25, 0.3) is 0 Å². The van der Waals surface area contributed by atoms with Gasteiger partial charge < -0.3 is 24.8 Å². The van der Waals surface area contributed by atoms with Crippen LogP contribution < -0.4 is 14.8 Å². The Labute approximate surface area is 147 Å². The summed E-state index contributed by atoms with van der Waals surface area (Å²) in [5, 5.41) is 13.4. The number of nitrogens with zero attached hydrogens (tertiary/aromatic N) is 1. The molecule has 138 valence electrons. The van der Waals surface area contributed by atoms with E-state index < -0.39 is 6.10 Å². The fourth-order valence-electron chi connectivity index (χ4n) is 2.38. The lowest BCUT2D eigenvalue weighted by Gasteiger charge is -2.24. The fourth-order valence-corrected chi connectivity index (χ4v) is 2.38. The van der Waals surface area contributed by atoms with Crippen molar-refractivity contribution in [2.75, 3.05) is 47.4 Å². The van der Waals surface area contributed by atoms with E-state index in [-0.39, 0.29) is 12.0 Å². The molecule has 0 radical (unpaired) electrons. The molecule has 1 aromatic carbocycles. The maximum atomic E-state index is 10.1. The molecule has 5 heteroatoms. The molecule has 0 heterocycles. The van der Waals surface area contributed by atoms with Crippen LogP contribution in [-0.2, 0) is 5.41 Å². The Morgan fingerprint density at radius 1 is 1.25 bits per heavy atom. The first-order valence-electron chi connectivity index (χ1n) is 8.59. The molecule has 0 aromatic heterocycles. The summed E-state index contributed by atoms with van der Waals surface area (Å²) in [5.74, 6) is 1.62. The van der Waals surface area contributed by atoms with Gasteiger partial charge >= 0.3 is 0 Å². The minimum Gasteiger partial charge on any atom is -0.497 e. The molecule has 2 N–H and O–H groups in total. The Balaban J connectivity index is 2.49. The van der Waals surface area contributed by atoms with E-state index in [0.717, 1.165) is 36.6 Å². The first-order valence-corrected chi connectivity index (χ1v) is 8.59. The van der Waals surface area contributed by atoms with E-state index in [1.54, 1.807) is 7.11 Å². The molecular weight excluding hydrogens is 304 g/mol. The summed E-state index contributed by atoms with van der Waals surface area (Å²) < 4.78 is 11.2. The van der Waals surface area contributed by atoms with Crippen LogP contribution in [0, 0.1) is 0 Å². The van der Waals surface area contributed by atoms with Crippen molar-refractivity contribution in [1.29, 1.82) is 0 Å². The summed E-state index contributed by atoms with van der Waals surface area (Å²) >= 11 is 0. The molecule has 0 aliphatic carbocycles. The zero-order chi connectivity index (χ0) is 18.2. The second kappa shape index (κ2) is 9.87. The predicted octanol–water partition coefficient (Wildman–Crippen LogP) is 2.27. The van der Waals surface area contributed by atoms with Gasteiger partial charge in [-0.25, -0.2) is 0 Å². The summed E-state index contributed by atoms with van der Waals surface area (Å²) in [5.41, 5.74) is 1.02. The van der Waals surface area contributed by atoms with Gasteiger partial charge in [0, 0.05) is 12.1 Å². The molecule has 0 spiro atoms. The highest BCUT2D eigenvalue weighted by molar-refractivity contribution is 5.44. The van der Waals surface area contributed by atoms with Crippen LogP contribution in [0.2, 0.25) is 0 Å². The van der Waals surface area contributed by atoms with Gasteiger partial charge in [-0.05, 0) is 57.2 Å². The van der Waals surface area contributed by atoms with Gasteiger partial charge in [0.1, 0.15) is 24.2 Å². The van der Waals surface area contributed by atoms with Crippen molar-refractivity contribution in [2.45, 2.75) is 38.7 Å². The normalized spacial score (nSPS) is 13.2. The van der Waals surface area contributed by atoms with Crippen LogP contribution in [0.15, 0.2) is 18.2 Å². The van der Waals surface area contributed by atoms with Crippen LogP contribution in [-0.4, -0.2) is 63.6 Å². The van der Waals surface area contributed by atoms with Crippen molar-refractivity contribution in [1.82, 2.24) is 10.2 Å². The lowest BCUT2D eigenvalue weighted by Crippen LogP contribution is -2.33. The van der Waals surface area contributed by atoms with E-state index in [9.17, 15) is 5.11 Å². The predicted molar refractivity (Wildman–Crippen MR) is 99.2 cm³/mol. The van der Waals surface area contributed by atoms with E-state index >= 15 is 0 Å². The van der Waals surface area contributed by atoms with Crippen molar-refractivity contribution in [3.05, 3.63) is 23.8 Å². The highest BCUT2D eigenvalue weighted by Gasteiger charge is 2.20. The second-order valence-electron chi connectivity index (χ2n) is 7.44. The Morgan fingerprint density at radius 3 is 2.54 bits per heavy atom. The molecule has 0 bridgehead atoms. The van der Waals surface area contributed by atoms with Crippen molar-refractivity contribution >= 4 is 0 Å². The number of hydrogen-bond acceptors (Lipinski definition) is 5. The number of ether oxygens (including phenoxy) is 2. The lowest BCUT2D eigenvalue weighted by molar-refractivity contribution is 0.105. The molecule has 1 aromatic rings. The number of hydrogen-bond donors (Lipinski definition) is 2. The second-order valence-corrected chi connectivity index (χ2v) is 7.44. The molecule has 0 unspecified atom stereocenters. The van der Waals surface area contributed by atoms with Crippen molar-refractivity contribution in [2.24, 2.45) is 0 Å². The van der Waals surface area contributed by atoms with Crippen LogP contribution in [0.3, 0.4) is 0 Å². The monoisotopic (exact) mass is 338 g/mol. The Kier molecular flexibility index (Phi) is 8.53. The van der Waals surface area contributed by atoms with Gasteiger partial charge in [-0.3, -0.25) is 0 Å². The SMILES string of the molecule is COc1ccc(OC[C@H](O)CNCCCN(C)C)c(C(C)(C)C)c1. The molecule has 0 aliphatic heterocycles. The number of nitrogens with one attached hydrogen (secondary N) is 1. The zero-order valence-electron chi connectivity index (χ0n) is 16.1. The first-order chi connectivity index (χ1) is 11.2. The van der Waals surface area contributed by atoms with Crippen molar-refractivity contribution < 1.29 is 14.6 Å². The average molecular weight is 338 g/mol. The van der Waals surface area contributed by atoms with Crippen LogP contribution in [0.1, 0.15) is 32.8 Å². The van der Waals surface area contributed by atoms with Gasteiger partial charge in [-0.2, -0.15) is 0 Å². The number of benzene rings is 1. The number of rotatable bonds is 10. The smallest absolute Gasteiger partial charge is 0.123 e. The van der Waals surface area contributed by atoms with E-state index in [1.165, 1.54) is 0 Å². The Bertz CT molecular complexity index is 484. The van der Waals surface area contributed by atoms with Crippen molar-refractivity contribution in [3.63, 3.8) is 0 Å². The van der Waals surface area contributed by atoms with Gasteiger partial charge in [-0.1, -0.05) is 20.8 Å². The largest absolute Gasteiger partial charge is 0.497 e. The highest BCUT2D eigenvalue weighted by Crippen LogP contribution is 2.34. The molecule has 5 nitrogen and oxygen atoms in total. The maximum absolute atomic E-state index is 10.1. The molecule has 0 saturated carbocycles.